The molecule has 1 saturated carbocycles. The third-order valence-electron chi connectivity index (χ3n) is 4.62. The van der Waals surface area contributed by atoms with Crippen molar-refractivity contribution in [2.45, 2.75) is 71.1 Å². The second-order valence-corrected chi connectivity index (χ2v) is 6.25. The Morgan fingerprint density at radius 3 is 2.80 bits per heavy atom. The monoisotopic (exact) mass is 276 g/mol. The first-order valence-corrected chi connectivity index (χ1v) is 8.33. The number of hydrogen-bond acceptors (Lipinski definition) is 3. The highest BCUT2D eigenvalue weighted by Gasteiger charge is 2.31. The molecular weight excluding hydrogens is 248 g/mol. The summed E-state index contributed by atoms with van der Waals surface area (Å²) in [6.07, 6.45) is 6.49. The summed E-state index contributed by atoms with van der Waals surface area (Å²) in [5, 5.41) is 8.32. The molecule has 0 aromatic carbocycles. The minimum atomic E-state index is 0.708. The average molecular weight is 276 g/mol. The molecule has 2 fully saturated rings. The van der Waals surface area contributed by atoms with Crippen LogP contribution in [0, 0.1) is 0 Å². The number of nitrogens with zero attached hydrogens (tertiary/aromatic N) is 3. The van der Waals surface area contributed by atoms with Crippen molar-refractivity contribution in [3.05, 3.63) is 17.5 Å². The number of rotatable bonds is 7. The Kier molecular flexibility index (Phi) is 4.41. The molecule has 1 aliphatic heterocycles. The molecule has 1 aliphatic carbocycles. The molecule has 4 nitrogen and oxygen atoms in total. The van der Waals surface area contributed by atoms with Gasteiger partial charge in [0.05, 0.1) is 11.4 Å². The standard InChI is InChI=1S/C16H28N4/c1-3-13-10-16(20(4-2)18-13)12-19(15-7-8-15)11-14-6-5-9-17-14/h10,14-15,17H,3-9,11-12H2,1-2H3. The smallest absolute Gasteiger partial charge is 0.0625 e. The lowest BCUT2D eigenvalue weighted by atomic mass is 10.2. The number of hydrogen-bond donors (Lipinski definition) is 1. The summed E-state index contributed by atoms with van der Waals surface area (Å²) < 4.78 is 2.19. The van der Waals surface area contributed by atoms with Crippen LogP contribution in [-0.2, 0) is 19.5 Å². The van der Waals surface area contributed by atoms with E-state index in [2.05, 4.69) is 39.9 Å². The van der Waals surface area contributed by atoms with Crippen LogP contribution in [0.25, 0.3) is 0 Å². The summed E-state index contributed by atoms with van der Waals surface area (Å²) in [6.45, 7) is 8.85. The van der Waals surface area contributed by atoms with Crippen molar-refractivity contribution in [3.63, 3.8) is 0 Å². The Morgan fingerprint density at radius 1 is 1.35 bits per heavy atom. The van der Waals surface area contributed by atoms with Gasteiger partial charge in [-0.2, -0.15) is 5.10 Å². The van der Waals surface area contributed by atoms with Crippen LogP contribution in [0.3, 0.4) is 0 Å². The number of aryl methyl sites for hydroxylation is 2. The van der Waals surface area contributed by atoms with Crippen molar-refractivity contribution in [1.29, 1.82) is 0 Å². The van der Waals surface area contributed by atoms with Crippen LogP contribution in [0.4, 0.5) is 0 Å². The van der Waals surface area contributed by atoms with Crippen molar-refractivity contribution in [2.75, 3.05) is 13.1 Å². The highest BCUT2D eigenvalue weighted by atomic mass is 15.3. The van der Waals surface area contributed by atoms with E-state index >= 15 is 0 Å². The minimum absolute atomic E-state index is 0.708. The van der Waals surface area contributed by atoms with Crippen LogP contribution in [0.5, 0.6) is 0 Å². The van der Waals surface area contributed by atoms with Gasteiger partial charge in [-0.05, 0) is 51.6 Å². The topological polar surface area (TPSA) is 33.1 Å². The van der Waals surface area contributed by atoms with E-state index in [0.717, 1.165) is 25.6 Å². The van der Waals surface area contributed by atoms with Crippen molar-refractivity contribution in [1.82, 2.24) is 20.0 Å². The summed E-state index contributed by atoms with van der Waals surface area (Å²) in [6, 6.07) is 3.84. The van der Waals surface area contributed by atoms with E-state index in [1.54, 1.807) is 0 Å². The normalized spacial score (nSPS) is 22.9. The SMILES string of the molecule is CCc1cc(CN(CC2CCCN2)C2CC2)n(CC)n1. The zero-order chi connectivity index (χ0) is 13.9. The lowest BCUT2D eigenvalue weighted by Crippen LogP contribution is -2.38. The molecule has 1 saturated heterocycles. The maximum absolute atomic E-state index is 4.69. The van der Waals surface area contributed by atoms with Crippen molar-refractivity contribution in [3.8, 4) is 0 Å². The molecule has 1 unspecified atom stereocenters. The summed E-state index contributed by atoms with van der Waals surface area (Å²) >= 11 is 0. The van der Waals surface area contributed by atoms with Gasteiger partial charge in [-0.3, -0.25) is 9.58 Å². The van der Waals surface area contributed by atoms with Gasteiger partial charge < -0.3 is 5.32 Å². The average Bonchev–Trinajstić information content (AvgIpc) is 3.04. The highest BCUT2D eigenvalue weighted by Crippen LogP contribution is 2.29. The van der Waals surface area contributed by atoms with E-state index in [0.29, 0.717) is 6.04 Å². The van der Waals surface area contributed by atoms with Crippen LogP contribution in [0.2, 0.25) is 0 Å². The summed E-state index contributed by atoms with van der Waals surface area (Å²) in [5.41, 5.74) is 2.63. The maximum Gasteiger partial charge on any atom is 0.0625 e. The lowest BCUT2D eigenvalue weighted by molar-refractivity contribution is 0.224. The van der Waals surface area contributed by atoms with E-state index in [1.807, 2.05) is 0 Å². The van der Waals surface area contributed by atoms with E-state index in [4.69, 9.17) is 0 Å². The molecule has 112 valence electrons. The molecule has 2 heterocycles. The first-order chi connectivity index (χ1) is 9.80. The third-order valence-corrected chi connectivity index (χ3v) is 4.62. The molecular formula is C16H28N4. The van der Waals surface area contributed by atoms with E-state index in [1.165, 1.54) is 50.2 Å². The van der Waals surface area contributed by atoms with Gasteiger partial charge >= 0.3 is 0 Å². The van der Waals surface area contributed by atoms with Gasteiger partial charge in [-0.15, -0.1) is 0 Å². The number of aromatic nitrogens is 2. The molecule has 0 bridgehead atoms. The van der Waals surface area contributed by atoms with Gasteiger partial charge in [-0.1, -0.05) is 6.92 Å². The van der Waals surface area contributed by atoms with Gasteiger partial charge in [-0.25, -0.2) is 0 Å². The Balaban J connectivity index is 1.67. The summed E-state index contributed by atoms with van der Waals surface area (Å²) in [4.78, 5) is 2.69. The zero-order valence-electron chi connectivity index (χ0n) is 12.9. The largest absolute Gasteiger partial charge is 0.313 e. The summed E-state index contributed by atoms with van der Waals surface area (Å²) in [7, 11) is 0. The summed E-state index contributed by atoms with van der Waals surface area (Å²) in [5.74, 6) is 0. The van der Waals surface area contributed by atoms with Crippen molar-refractivity contribution in [2.24, 2.45) is 0 Å². The van der Waals surface area contributed by atoms with Crippen LogP contribution in [0.15, 0.2) is 6.07 Å². The van der Waals surface area contributed by atoms with Crippen LogP contribution < -0.4 is 5.32 Å². The van der Waals surface area contributed by atoms with Crippen LogP contribution in [0.1, 0.15) is 50.9 Å². The fourth-order valence-corrected chi connectivity index (χ4v) is 3.27. The van der Waals surface area contributed by atoms with Crippen LogP contribution >= 0.6 is 0 Å². The molecule has 4 heteroatoms. The fourth-order valence-electron chi connectivity index (χ4n) is 3.27. The molecule has 0 amide bonds. The predicted molar refractivity (Wildman–Crippen MR) is 81.7 cm³/mol. The van der Waals surface area contributed by atoms with Gasteiger partial charge in [0.2, 0.25) is 0 Å². The Morgan fingerprint density at radius 2 is 2.20 bits per heavy atom. The molecule has 0 spiro atoms. The fraction of sp³-hybridized carbons (Fsp3) is 0.812. The Bertz CT molecular complexity index is 430. The maximum atomic E-state index is 4.69. The second kappa shape index (κ2) is 6.27. The Hall–Kier alpha value is -0.870. The molecule has 0 radical (unpaired) electrons. The quantitative estimate of drug-likeness (QED) is 0.828. The van der Waals surface area contributed by atoms with Gasteiger partial charge in [0, 0.05) is 31.7 Å². The van der Waals surface area contributed by atoms with E-state index < -0.39 is 0 Å². The molecule has 3 rings (SSSR count). The van der Waals surface area contributed by atoms with E-state index in [-0.39, 0.29) is 0 Å². The number of nitrogens with one attached hydrogen (secondary N) is 1. The highest BCUT2D eigenvalue weighted by molar-refractivity contribution is 5.11. The minimum Gasteiger partial charge on any atom is -0.313 e. The van der Waals surface area contributed by atoms with Gasteiger partial charge in [0.15, 0.2) is 0 Å². The van der Waals surface area contributed by atoms with Crippen molar-refractivity contribution >= 4 is 0 Å². The first kappa shape index (κ1) is 14.1. The third kappa shape index (κ3) is 3.23. The van der Waals surface area contributed by atoms with Gasteiger partial charge in [0.1, 0.15) is 0 Å². The molecule has 1 aromatic rings. The molecule has 1 atom stereocenters. The molecule has 20 heavy (non-hydrogen) atoms. The zero-order valence-corrected chi connectivity index (χ0v) is 12.9. The molecule has 1 N–H and O–H groups in total. The van der Waals surface area contributed by atoms with Crippen molar-refractivity contribution < 1.29 is 0 Å². The predicted octanol–water partition coefficient (Wildman–Crippen LogP) is 2.18. The van der Waals surface area contributed by atoms with E-state index in [9.17, 15) is 0 Å². The Labute approximate surface area is 122 Å². The first-order valence-electron chi connectivity index (χ1n) is 8.33. The molecule has 1 aromatic heterocycles. The lowest BCUT2D eigenvalue weighted by Gasteiger charge is -2.25. The molecule has 2 aliphatic rings. The van der Waals surface area contributed by atoms with Crippen LogP contribution in [-0.4, -0.2) is 39.9 Å². The van der Waals surface area contributed by atoms with Gasteiger partial charge in [0.25, 0.3) is 0 Å². The second-order valence-electron chi connectivity index (χ2n) is 6.25.